The molecule has 0 aromatic carbocycles. The van der Waals surface area contributed by atoms with Gasteiger partial charge >= 0.3 is 7.82 Å². The second-order valence-electron chi connectivity index (χ2n) is 3.94. The summed E-state index contributed by atoms with van der Waals surface area (Å²) in [5, 5.41) is 0. The summed E-state index contributed by atoms with van der Waals surface area (Å²) < 4.78 is 26.7. The van der Waals surface area contributed by atoms with Crippen molar-refractivity contribution >= 4 is 7.82 Å². The van der Waals surface area contributed by atoms with Gasteiger partial charge in [-0.3, -0.25) is 13.6 Å². The van der Waals surface area contributed by atoms with Crippen molar-refractivity contribution in [2.75, 3.05) is 19.8 Å². The number of hydrogen-bond donors (Lipinski definition) is 0. The van der Waals surface area contributed by atoms with Crippen LogP contribution in [0.1, 0.15) is 20.3 Å². The zero-order valence-electron chi connectivity index (χ0n) is 7.99. The van der Waals surface area contributed by atoms with E-state index in [9.17, 15) is 4.57 Å². The average molecular weight is 206 g/mol. The van der Waals surface area contributed by atoms with Gasteiger partial charge in [0.05, 0.1) is 19.8 Å². The van der Waals surface area contributed by atoms with Gasteiger partial charge in [0.1, 0.15) is 0 Å². The van der Waals surface area contributed by atoms with Crippen LogP contribution in [0, 0.1) is 11.3 Å². The molecule has 13 heavy (non-hydrogen) atoms. The van der Waals surface area contributed by atoms with E-state index in [1.807, 2.05) is 0 Å². The molecular formula is C8H15O4P. The lowest BCUT2D eigenvalue weighted by molar-refractivity contribution is -0.119. The molecule has 0 aromatic heterocycles. The van der Waals surface area contributed by atoms with Crippen molar-refractivity contribution in [3.05, 3.63) is 0 Å². The highest BCUT2D eigenvalue weighted by molar-refractivity contribution is 7.48. The van der Waals surface area contributed by atoms with Crippen LogP contribution in [0.25, 0.3) is 0 Å². The zero-order valence-corrected chi connectivity index (χ0v) is 8.88. The summed E-state index contributed by atoms with van der Waals surface area (Å²) in [6, 6.07) is 0. The van der Waals surface area contributed by atoms with Crippen molar-refractivity contribution in [2.24, 2.45) is 11.3 Å². The van der Waals surface area contributed by atoms with Crippen molar-refractivity contribution in [1.82, 2.24) is 0 Å². The molecule has 0 radical (unpaired) electrons. The lowest BCUT2D eigenvalue weighted by Crippen LogP contribution is -2.48. The Kier molecular flexibility index (Phi) is 2.27. The van der Waals surface area contributed by atoms with Crippen LogP contribution in [0.5, 0.6) is 0 Å². The average Bonchev–Trinajstić information content (AvgIpc) is 2.18. The molecule has 2 bridgehead atoms. The van der Waals surface area contributed by atoms with Gasteiger partial charge in [-0.15, -0.1) is 0 Å². The topological polar surface area (TPSA) is 44.8 Å². The quantitative estimate of drug-likeness (QED) is 0.650. The molecule has 3 rings (SSSR count). The van der Waals surface area contributed by atoms with Crippen molar-refractivity contribution < 1.29 is 18.1 Å². The summed E-state index contributed by atoms with van der Waals surface area (Å²) in [4.78, 5) is 0. The first-order chi connectivity index (χ1) is 6.10. The first kappa shape index (κ1) is 9.66. The van der Waals surface area contributed by atoms with Crippen LogP contribution < -0.4 is 0 Å². The predicted octanol–water partition coefficient (Wildman–Crippen LogP) is 2.20. The molecule has 3 saturated heterocycles. The molecule has 4 nitrogen and oxygen atoms in total. The largest absolute Gasteiger partial charge is 0.474 e. The fourth-order valence-corrected chi connectivity index (χ4v) is 3.19. The first-order valence-corrected chi connectivity index (χ1v) is 6.10. The maximum atomic E-state index is 11.4. The number of rotatable bonds is 2. The van der Waals surface area contributed by atoms with Crippen molar-refractivity contribution in [1.29, 1.82) is 0 Å². The van der Waals surface area contributed by atoms with E-state index in [2.05, 4.69) is 13.8 Å². The van der Waals surface area contributed by atoms with Gasteiger partial charge in [0, 0.05) is 5.41 Å². The van der Waals surface area contributed by atoms with Crippen molar-refractivity contribution in [2.45, 2.75) is 20.3 Å². The number of phosphoric ester groups is 1. The Balaban J connectivity index is 2.15. The Labute approximate surface area is 78.2 Å². The maximum Gasteiger partial charge on any atom is 0.474 e. The Morgan fingerprint density at radius 1 is 1.31 bits per heavy atom. The SMILES string of the molecule is CCC(C)C12COP(=O)(OC1)OC2. The van der Waals surface area contributed by atoms with Crippen LogP contribution in [0.4, 0.5) is 0 Å². The van der Waals surface area contributed by atoms with Crippen LogP contribution in [-0.4, -0.2) is 19.8 Å². The summed E-state index contributed by atoms with van der Waals surface area (Å²) in [6.07, 6.45) is 1.06. The second kappa shape index (κ2) is 3.06. The molecule has 0 spiro atoms. The molecule has 0 aliphatic carbocycles. The number of hydrogen-bond acceptors (Lipinski definition) is 4. The third-order valence-electron chi connectivity index (χ3n) is 3.19. The van der Waals surface area contributed by atoms with E-state index in [4.69, 9.17) is 13.6 Å². The predicted molar refractivity (Wildman–Crippen MR) is 47.4 cm³/mol. The third-order valence-corrected chi connectivity index (χ3v) is 4.52. The Bertz CT molecular complexity index is 221. The van der Waals surface area contributed by atoms with Gasteiger partial charge < -0.3 is 0 Å². The van der Waals surface area contributed by atoms with Gasteiger partial charge in [-0.2, -0.15) is 0 Å². The molecule has 0 N–H and O–H groups in total. The van der Waals surface area contributed by atoms with Crippen LogP contribution in [0.3, 0.4) is 0 Å². The minimum atomic E-state index is -3.12. The summed E-state index contributed by atoms with van der Waals surface area (Å²) in [6.45, 7) is 5.82. The maximum absolute atomic E-state index is 11.4. The number of fused-ring (bicyclic) bond motifs is 3. The number of phosphoric acid groups is 1. The van der Waals surface area contributed by atoms with Crippen LogP contribution in [-0.2, 0) is 18.1 Å². The molecule has 0 saturated carbocycles. The molecule has 0 amide bonds. The lowest BCUT2D eigenvalue weighted by atomic mass is 9.77. The molecule has 1 unspecified atom stereocenters. The van der Waals surface area contributed by atoms with Gasteiger partial charge in [0.25, 0.3) is 0 Å². The van der Waals surface area contributed by atoms with E-state index in [0.717, 1.165) is 6.42 Å². The van der Waals surface area contributed by atoms with E-state index in [1.54, 1.807) is 0 Å². The Morgan fingerprint density at radius 3 is 2.15 bits per heavy atom. The molecule has 5 heteroatoms. The van der Waals surface area contributed by atoms with E-state index < -0.39 is 7.82 Å². The van der Waals surface area contributed by atoms with Gasteiger partial charge in [-0.1, -0.05) is 20.3 Å². The van der Waals surface area contributed by atoms with Crippen molar-refractivity contribution in [3.63, 3.8) is 0 Å². The fraction of sp³-hybridized carbons (Fsp3) is 1.00. The molecule has 3 fully saturated rings. The highest BCUT2D eigenvalue weighted by Crippen LogP contribution is 2.61. The molecule has 76 valence electrons. The van der Waals surface area contributed by atoms with Gasteiger partial charge in [-0.25, -0.2) is 4.57 Å². The molecule has 0 aromatic rings. The summed E-state index contributed by atoms with van der Waals surface area (Å²) in [5.41, 5.74) is -0.0685. The fourth-order valence-electron chi connectivity index (χ4n) is 1.72. The van der Waals surface area contributed by atoms with Crippen LogP contribution in [0.2, 0.25) is 0 Å². The van der Waals surface area contributed by atoms with E-state index >= 15 is 0 Å². The minimum Gasteiger partial charge on any atom is -0.286 e. The van der Waals surface area contributed by atoms with Crippen LogP contribution >= 0.6 is 7.82 Å². The summed E-state index contributed by atoms with van der Waals surface area (Å²) in [5.74, 6) is 0.474. The monoisotopic (exact) mass is 206 g/mol. The smallest absolute Gasteiger partial charge is 0.286 e. The first-order valence-electron chi connectivity index (χ1n) is 4.64. The normalized spacial score (nSPS) is 46.3. The van der Waals surface area contributed by atoms with E-state index in [-0.39, 0.29) is 5.41 Å². The highest BCUT2D eigenvalue weighted by Gasteiger charge is 2.52. The van der Waals surface area contributed by atoms with Gasteiger partial charge in [0.15, 0.2) is 0 Å². The molecule has 3 aliphatic heterocycles. The third kappa shape index (κ3) is 1.46. The zero-order chi connectivity index (χ0) is 9.53. The summed E-state index contributed by atoms with van der Waals surface area (Å²) >= 11 is 0. The van der Waals surface area contributed by atoms with E-state index in [0.29, 0.717) is 25.7 Å². The second-order valence-corrected chi connectivity index (χ2v) is 5.61. The molecule has 3 aliphatic rings. The van der Waals surface area contributed by atoms with Crippen LogP contribution in [0.15, 0.2) is 0 Å². The van der Waals surface area contributed by atoms with Gasteiger partial charge in [-0.05, 0) is 5.92 Å². The molecule has 3 heterocycles. The summed E-state index contributed by atoms with van der Waals surface area (Å²) in [7, 11) is -3.12. The molecular weight excluding hydrogens is 191 g/mol. The minimum absolute atomic E-state index is 0.0685. The molecule has 1 atom stereocenters. The Morgan fingerprint density at radius 2 is 1.77 bits per heavy atom. The van der Waals surface area contributed by atoms with Crippen molar-refractivity contribution in [3.8, 4) is 0 Å². The van der Waals surface area contributed by atoms with E-state index in [1.165, 1.54) is 0 Å². The Hall–Kier alpha value is 0.110. The highest BCUT2D eigenvalue weighted by atomic mass is 31.2. The standard InChI is InChI=1S/C8H15O4P/c1-3-7(2)8-4-10-13(9,11-5-8)12-6-8/h7H,3-6H2,1-2H3. The lowest BCUT2D eigenvalue weighted by Gasteiger charge is -2.47. The van der Waals surface area contributed by atoms with Gasteiger partial charge in [0.2, 0.25) is 0 Å².